The van der Waals surface area contributed by atoms with Crippen molar-refractivity contribution in [1.82, 2.24) is 25.0 Å². The van der Waals surface area contributed by atoms with Gasteiger partial charge >= 0.3 is 0 Å². The molecule has 4 heterocycles. The molecule has 0 amide bonds. The number of aromatic nitrogens is 5. The summed E-state index contributed by atoms with van der Waals surface area (Å²) in [6.45, 7) is 5.98. The number of pyridine rings is 1. The van der Waals surface area contributed by atoms with Crippen LogP contribution in [-0.4, -0.2) is 70.2 Å². The Balaban J connectivity index is 1.87. The lowest BCUT2D eigenvalue weighted by atomic mass is 10.00. The average Bonchev–Trinajstić information content (AvgIpc) is 3.43. The molecule has 1 aliphatic heterocycles. The fourth-order valence-electron chi connectivity index (χ4n) is 3.76. The number of morpholine rings is 1. The van der Waals surface area contributed by atoms with Gasteiger partial charge in [0.25, 0.3) is 0 Å². The molecule has 1 saturated heterocycles. The zero-order chi connectivity index (χ0) is 21.1. The highest BCUT2D eigenvalue weighted by atomic mass is 19.1. The van der Waals surface area contributed by atoms with Crippen LogP contribution in [-0.2, 0) is 11.3 Å². The van der Waals surface area contributed by atoms with Gasteiger partial charge in [0.15, 0.2) is 0 Å². The molecule has 0 spiro atoms. The summed E-state index contributed by atoms with van der Waals surface area (Å²) in [5.74, 6) is 0.845. The molecule has 9 heteroatoms. The molecule has 8 nitrogen and oxygen atoms in total. The van der Waals surface area contributed by atoms with Crippen molar-refractivity contribution in [2.24, 2.45) is 4.99 Å². The monoisotopic (exact) mass is 411 g/mol. The SMILES string of the molecule is C/N=C(/c1cc[nH]n1)c1nc(N2CCOC[C@H]2C)cc(-c2ccn(CCF)n2)c1C. The van der Waals surface area contributed by atoms with Crippen LogP contribution in [0.15, 0.2) is 35.6 Å². The number of H-pyrrole nitrogens is 1. The van der Waals surface area contributed by atoms with E-state index in [4.69, 9.17) is 9.72 Å². The molecule has 3 aromatic heterocycles. The molecule has 0 aromatic carbocycles. The number of aromatic amines is 1. The Morgan fingerprint density at radius 3 is 2.97 bits per heavy atom. The second-order valence-electron chi connectivity index (χ2n) is 7.30. The maximum atomic E-state index is 12.8. The molecule has 3 aromatic rings. The summed E-state index contributed by atoms with van der Waals surface area (Å²) in [4.78, 5) is 11.7. The summed E-state index contributed by atoms with van der Waals surface area (Å²) < 4.78 is 20.0. The van der Waals surface area contributed by atoms with E-state index in [0.29, 0.717) is 18.9 Å². The third-order valence-corrected chi connectivity index (χ3v) is 5.34. The van der Waals surface area contributed by atoms with Gasteiger partial charge in [0.1, 0.15) is 23.9 Å². The van der Waals surface area contributed by atoms with Gasteiger partial charge < -0.3 is 9.64 Å². The lowest BCUT2D eigenvalue weighted by molar-refractivity contribution is 0.0985. The lowest BCUT2D eigenvalue weighted by Crippen LogP contribution is -2.44. The van der Waals surface area contributed by atoms with Gasteiger partial charge in [-0.25, -0.2) is 9.37 Å². The number of ether oxygens (including phenoxy) is 1. The van der Waals surface area contributed by atoms with Crippen LogP contribution >= 0.6 is 0 Å². The highest BCUT2D eigenvalue weighted by molar-refractivity contribution is 6.12. The van der Waals surface area contributed by atoms with Crippen LogP contribution in [0.2, 0.25) is 0 Å². The van der Waals surface area contributed by atoms with Crippen molar-refractivity contribution < 1.29 is 9.13 Å². The van der Waals surface area contributed by atoms with Crippen molar-refractivity contribution in [3.8, 4) is 11.3 Å². The van der Waals surface area contributed by atoms with E-state index in [1.165, 1.54) is 0 Å². The first-order valence-corrected chi connectivity index (χ1v) is 10.1. The van der Waals surface area contributed by atoms with E-state index in [-0.39, 0.29) is 12.6 Å². The van der Waals surface area contributed by atoms with Gasteiger partial charge in [-0.05, 0) is 37.6 Å². The number of halogens is 1. The molecule has 1 atom stereocenters. The Morgan fingerprint density at radius 2 is 2.27 bits per heavy atom. The fourth-order valence-corrected chi connectivity index (χ4v) is 3.76. The molecular formula is C21H26FN7O. The van der Waals surface area contributed by atoms with Crippen LogP contribution in [0.5, 0.6) is 0 Å². The number of alkyl halides is 1. The van der Waals surface area contributed by atoms with E-state index in [1.807, 2.05) is 19.1 Å². The number of rotatable bonds is 6. The van der Waals surface area contributed by atoms with Crippen LogP contribution in [0, 0.1) is 6.92 Å². The second kappa shape index (κ2) is 8.74. The number of nitrogens with zero attached hydrogens (tertiary/aromatic N) is 6. The third-order valence-electron chi connectivity index (χ3n) is 5.34. The zero-order valence-electron chi connectivity index (χ0n) is 17.5. The normalized spacial score (nSPS) is 17.5. The summed E-state index contributed by atoms with van der Waals surface area (Å²) in [6.07, 6.45) is 3.57. The van der Waals surface area contributed by atoms with E-state index in [2.05, 4.69) is 38.2 Å². The predicted molar refractivity (Wildman–Crippen MR) is 114 cm³/mol. The molecule has 0 unspecified atom stereocenters. The van der Waals surface area contributed by atoms with Crippen molar-refractivity contribution in [1.29, 1.82) is 0 Å². The first-order valence-electron chi connectivity index (χ1n) is 10.1. The number of hydrogen-bond donors (Lipinski definition) is 1. The maximum Gasteiger partial charge on any atom is 0.130 e. The fraction of sp³-hybridized carbons (Fsp3) is 0.429. The van der Waals surface area contributed by atoms with Gasteiger partial charge in [0.05, 0.1) is 37.2 Å². The summed E-state index contributed by atoms with van der Waals surface area (Å²) in [7, 11) is 1.74. The van der Waals surface area contributed by atoms with Gasteiger partial charge in [-0.1, -0.05) is 0 Å². The van der Waals surface area contributed by atoms with E-state index in [0.717, 1.165) is 40.6 Å². The van der Waals surface area contributed by atoms with Crippen LogP contribution in [0.3, 0.4) is 0 Å². The summed E-state index contributed by atoms with van der Waals surface area (Å²) in [5, 5.41) is 11.7. The largest absolute Gasteiger partial charge is 0.377 e. The minimum absolute atomic E-state index is 0.200. The van der Waals surface area contributed by atoms with Gasteiger partial charge in [-0.2, -0.15) is 10.2 Å². The molecule has 1 aliphatic rings. The Morgan fingerprint density at radius 1 is 1.40 bits per heavy atom. The molecular weight excluding hydrogens is 385 g/mol. The predicted octanol–water partition coefficient (Wildman–Crippen LogP) is 2.64. The standard InChI is InChI=1S/C21H26FN7O/c1-14-13-30-11-10-29(14)19-12-16(17-5-8-28(27-17)9-6-22)15(2)20(25-19)21(23-3)18-4-7-24-26-18/h4-5,7-8,12,14H,6,9-11,13H2,1-3H3,(H,24,26)/b23-21-/t14-/m1/s1. The van der Waals surface area contributed by atoms with Crippen molar-refractivity contribution in [2.75, 3.05) is 38.4 Å². The minimum Gasteiger partial charge on any atom is -0.377 e. The molecule has 1 fully saturated rings. The number of anilines is 1. The van der Waals surface area contributed by atoms with Crippen molar-refractivity contribution in [3.05, 3.63) is 47.5 Å². The van der Waals surface area contributed by atoms with E-state index in [1.54, 1.807) is 24.1 Å². The molecule has 0 bridgehead atoms. The Hall–Kier alpha value is -3.07. The van der Waals surface area contributed by atoms with E-state index < -0.39 is 6.67 Å². The highest BCUT2D eigenvalue weighted by Crippen LogP contribution is 2.30. The van der Waals surface area contributed by atoms with Crippen molar-refractivity contribution in [2.45, 2.75) is 26.4 Å². The van der Waals surface area contributed by atoms with Gasteiger partial charge in [0.2, 0.25) is 0 Å². The second-order valence-corrected chi connectivity index (χ2v) is 7.30. The quantitative estimate of drug-likeness (QED) is 0.631. The lowest BCUT2D eigenvalue weighted by Gasteiger charge is -2.35. The Kier molecular flexibility index (Phi) is 5.89. The summed E-state index contributed by atoms with van der Waals surface area (Å²) >= 11 is 0. The molecule has 0 radical (unpaired) electrons. The van der Waals surface area contributed by atoms with E-state index >= 15 is 0 Å². The molecule has 158 valence electrons. The Labute approximate surface area is 174 Å². The van der Waals surface area contributed by atoms with Crippen molar-refractivity contribution in [3.63, 3.8) is 0 Å². The molecule has 0 aliphatic carbocycles. The summed E-state index contributed by atoms with van der Waals surface area (Å²) in [6, 6.07) is 6.04. The third kappa shape index (κ3) is 3.85. The summed E-state index contributed by atoms with van der Waals surface area (Å²) in [5.41, 5.74) is 4.88. The average molecular weight is 411 g/mol. The van der Waals surface area contributed by atoms with Crippen LogP contribution in [0.25, 0.3) is 11.3 Å². The molecule has 0 saturated carbocycles. The van der Waals surface area contributed by atoms with Crippen molar-refractivity contribution >= 4 is 11.5 Å². The first-order chi connectivity index (χ1) is 14.6. The number of aryl methyl sites for hydroxylation is 1. The maximum absolute atomic E-state index is 12.8. The molecule has 4 rings (SSSR count). The zero-order valence-corrected chi connectivity index (χ0v) is 17.5. The van der Waals surface area contributed by atoms with Crippen LogP contribution in [0.1, 0.15) is 23.9 Å². The smallest absolute Gasteiger partial charge is 0.130 e. The Bertz CT molecular complexity index is 1030. The van der Waals surface area contributed by atoms with Crippen LogP contribution in [0.4, 0.5) is 10.2 Å². The van der Waals surface area contributed by atoms with Gasteiger partial charge in [-0.3, -0.25) is 14.8 Å². The topological polar surface area (TPSA) is 84.2 Å². The molecule has 30 heavy (non-hydrogen) atoms. The van der Waals surface area contributed by atoms with Gasteiger partial charge in [0, 0.05) is 31.5 Å². The molecule has 1 N–H and O–H groups in total. The first kappa shape index (κ1) is 20.2. The number of hydrogen-bond acceptors (Lipinski definition) is 6. The van der Waals surface area contributed by atoms with Crippen LogP contribution < -0.4 is 4.90 Å². The van der Waals surface area contributed by atoms with E-state index in [9.17, 15) is 4.39 Å². The highest BCUT2D eigenvalue weighted by Gasteiger charge is 2.25. The van der Waals surface area contributed by atoms with Gasteiger partial charge in [-0.15, -0.1) is 0 Å². The number of aliphatic imine (C=N–C) groups is 1. The minimum atomic E-state index is -0.454. The number of nitrogens with one attached hydrogen (secondary N) is 1.